The lowest BCUT2D eigenvalue weighted by atomic mass is 10.1. The monoisotopic (exact) mass is 284 g/mol. The van der Waals surface area contributed by atoms with Gasteiger partial charge in [-0.2, -0.15) is 0 Å². The topological polar surface area (TPSA) is 64.3 Å². The quantitative estimate of drug-likeness (QED) is 0.887. The molecule has 0 heterocycles. The number of carbonyl (C=O) groups excluding carboxylic acids is 1. The Labute approximate surface area is 124 Å². The first kappa shape index (κ1) is 14.9. The van der Waals surface area contributed by atoms with Crippen LogP contribution in [-0.2, 0) is 6.54 Å². The molecule has 4 heteroatoms. The molecule has 0 radical (unpaired) electrons. The van der Waals surface area contributed by atoms with Crippen molar-refractivity contribution in [2.75, 3.05) is 12.4 Å². The zero-order valence-corrected chi connectivity index (χ0v) is 12.6. The summed E-state index contributed by atoms with van der Waals surface area (Å²) in [6, 6.07) is 11.4. The normalized spacial score (nSPS) is 10.2. The number of anilines is 1. The van der Waals surface area contributed by atoms with Crippen LogP contribution in [0.2, 0.25) is 0 Å². The number of hydrogen-bond donors (Lipinski definition) is 2. The number of rotatable bonds is 5. The number of ether oxygens (including phenoxy) is 1. The molecule has 0 spiro atoms. The molecule has 1 amide bonds. The van der Waals surface area contributed by atoms with E-state index in [2.05, 4.69) is 5.32 Å². The molecule has 0 saturated heterocycles. The van der Waals surface area contributed by atoms with Crippen LogP contribution in [0.1, 0.15) is 27.0 Å². The van der Waals surface area contributed by atoms with Crippen molar-refractivity contribution < 1.29 is 9.53 Å². The summed E-state index contributed by atoms with van der Waals surface area (Å²) in [5.74, 6) is 0.482. The van der Waals surface area contributed by atoms with Crippen LogP contribution in [0.4, 0.5) is 5.69 Å². The van der Waals surface area contributed by atoms with Gasteiger partial charge in [0.25, 0.3) is 0 Å². The van der Waals surface area contributed by atoms with Gasteiger partial charge in [-0.3, -0.25) is 4.79 Å². The van der Waals surface area contributed by atoms with Gasteiger partial charge in [0.2, 0.25) is 5.91 Å². The molecule has 0 atom stereocenters. The van der Waals surface area contributed by atoms with Gasteiger partial charge in [0.15, 0.2) is 0 Å². The van der Waals surface area contributed by atoms with Crippen LogP contribution in [0.3, 0.4) is 0 Å². The fraction of sp³-hybridized carbons (Fsp3) is 0.235. The van der Waals surface area contributed by atoms with Crippen LogP contribution >= 0.6 is 0 Å². The minimum Gasteiger partial charge on any atom is -0.496 e. The van der Waals surface area contributed by atoms with E-state index in [1.54, 1.807) is 19.2 Å². The van der Waals surface area contributed by atoms with Crippen LogP contribution in [-0.4, -0.2) is 13.0 Å². The highest BCUT2D eigenvalue weighted by molar-refractivity contribution is 5.92. The Morgan fingerprint density at radius 3 is 2.67 bits per heavy atom. The summed E-state index contributed by atoms with van der Waals surface area (Å²) < 4.78 is 5.42. The van der Waals surface area contributed by atoms with Crippen molar-refractivity contribution in [3.8, 4) is 5.75 Å². The molecular formula is C17H20N2O2. The van der Waals surface area contributed by atoms with Gasteiger partial charge in [-0.1, -0.05) is 18.2 Å². The van der Waals surface area contributed by atoms with Gasteiger partial charge in [0.1, 0.15) is 5.75 Å². The van der Waals surface area contributed by atoms with Crippen LogP contribution < -0.4 is 15.8 Å². The minimum absolute atomic E-state index is 0.412. The lowest BCUT2D eigenvalue weighted by Gasteiger charge is -2.15. The third kappa shape index (κ3) is 3.34. The van der Waals surface area contributed by atoms with Crippen molar-refractivity contribution >= 4 is 11.6 Å². The molecular weight excluding hydrogens is 264 g/mol. The molecule has 3 N–H and O–H groups in total. The fourth-order valence-corrected chi connectivity index (χ4v) is 2.36. The second-order valence-corrected chi connectivity index (χ2v) is 5.01. The number of methoxy groups -OCH3 is 1. The summed E-state index contributed by atoms with van der Waals surface area (Å²) in [7, 11) is 1.68. The number of aryl methyl sites for hydroxylation is 1. The Bertz CT molecular complexity index is 666. The van der Waals surface area contributed by atoms with Crippen molar-refractivity contribution in [3.05, 3.63) is 58.7 Å². The summed E-state index contributed by atoms with van der Waals surface area (Å²) in [6.45, 7) is 4.66. The maximum atomic E-state index is 11.2. The molecule has 2 aromatic rings. The maximum Gasteiger partial charge on any atom is 0.248 e. The van der Waals surface area contributed by atoms with Crippen LogP contribution in [0.5, 0.6) is 5.75 Å². The van der Waals surface area contributed by atoms with E-state index in [1.165, 1.54) is 0 Å². The van der Waals surface area contributed by atoms with Crippen molar-refractivity contribution in [2.24, 2.45) is 5.73 Å². The van der Waals surface area contributed by atoms with E-state index in [-0.39, 0.29) is 0 Å². The van der Waals surface area contributed by atoms with E-state index < -0.39 is 5.91 Å². The standard InChI is InChI=1S/C17H20N2O2/c1-11-7-8-15(12(2)16(11)21-3)19-10-13-5-4-6-14(9-13)17(18)20/h4-9,19H,10H2,1-3H3,(H2,18,20). The van der Waals surface area contributed by atoms with Gasteiger partial charge in [-0.25, -0.2) is 0 Å². The third-order valence-corrected chi connectivity index (χ3v) is 3.50. The van der Waals surface area contributed by atoms with Crippen molar-refractivity contribution in [2.45, 2.75) is 20.4 Å². The third-order valence-electron chi connectivity index (χ3n) is 3.50. The molecule has 0 aliphatic carbocycles. The Balaban J connectivity index is 2.17. The first-order valence-electron chi connectivity index (χ1n) is 6.79. The predicted molar refractivity (Wildman–Crippen MR) is 84.8 cm³/mol. The molecule has 0 fully saturated rings. The number of primary amides is 1. The predicted octanol–water partition coefficient (Wildman–Crippen LogP) is 3.02. The summed E-state index contributed by atoms with van der Waals surface area (Å²) in [6.07, 6.45) is 0. The largest absolute Gasteiger partial charge is 0.496 e. The second-order valence-electron chi connectivity index (χ2n) is 5.01. The zero-order valence-electron chi connectivity index (χ0n) is 12.6. The zero-order chi connectivity index (χ0) is 15.4. The average molecular weight is 284 g/mol. The second kappa shape index (κ2) is 6.31. The summed E-state index contributed by atoms with van der Waals surface area (Å²) in [4.78, 5) is 11.2. The van der Waals surface area contributed by atoms with Gasteiger partial charge in [0.05, 0.1) is 7.11 Å². The number of benzene rings is 2. The number of carbonyl (C=O) groups is 1. The lowest BCUT2D eigenvalue weighted by Crippen LogP contribution is -2.11. The van der Waals surface area contributed by atoms with Gasteiger partial charge in [0, 0.05) is 23.4 Å². The fourth-order valence-electron chi connectivity index (χ4n) is 2.36. The van der Waals surface area contributed by atoms with Gasteiger partial charge in [-0.15, -0.1) is 0 Å². The molecule has 0 aliphatic heterocycles. The Morgan fingerprint density at radius 1 is 1.24 bits per heavy atom. The minimum atomic E-state index is -0.412. The van der Waals surface area contributed by atoms with Crippen molar-refractivity contribution in [1.82, 2.24) is 0 Å². The Morgan fingerprint density at radius 2 is 2.00 bits per heavy atom. The molecule has 2 rings (SSSR count). The molecule has 110 valence electrons. The molecule has 0 aliphatic rings. The molecule has 4 nitrogen and oxygen atoms in total. The van der Waals surface area contributed by atoms with E-state index in [0.29, 0.717) is 12.1 Å². The van der Waals surface area contributed by atoms with Gasteiger partial charge in [-0.05, 0) is 43.2 Å². The molecule has 21 heavy (non-hydrogen) atoms. The van der Waals surface area contributed by atoms with Crippen LogP contribution in [0.15, 0.2) is 36.4 Å². The Hall–Kier alpha value is -2.49. The number of nitrogens with two attached hydrogens (primary N) is 1. The summed E-state index contributed by atoms with van der Waals surface area (Å²) >= 11 is 0. The molecule has 0 bridgehead atoms. The highest BCUT2D eigenvalue weighted by atomic mass is 16.5. The highest BCUT2D eigenvalue weighted by Gasteiger charge is 2.08. The molecule has 0 aromatic heterocycles. The summed E-state index contributed by atoms with van der Waals surface area (Å²) in [5, 5.41) is 3.37. The summed E-state index contributed by atoms with van der Waals surface area (Å²) in [5.41, 5.74) is 10.0. The number of amides is 1. The van der Waals surface area contributed by atoms with E-state index in [9.17, 15) is 4.79 Å². The number of nitrogens with one attached hydrogen (secondary N) is 1. The Kier molecular flexibility index (Phi) is 4.48. The number of hydrogen-bond acceptors (Lipinski definition) is 3. The lowest BCUT2D eigenvalue weighted by molar-refractivity contribution is 0.1000. The first-order chi connectivity index (χ1) is 10.0. The van der Waals surface area contributed by atoms with E-state index in [0.717, 1.165) is 28.1 Å². The average Bonchev–Trinajstić information content (AvgIpc) is 2.47. The highest BCUT2D eigenvalue weighted by Crippen LogP contribution is 2.29. The van der Waals surface area contributed by atoms with Gasteiger partial charge >= 0.3 is 0 Å². The van der Waals surface area contributed by atoms with Crippen molar-refractivity contribution in [1.29, 1.82) is 0 Å². The van der Waals surface area contributed by atoms with Crippen LogP contribution in [0.25, 0.3) is 0 Å². The van der Waals surface area contributed by atoms with E-state index in [4.69, 9.17) is 10.5 Å². The SMILES string of the molecule is COc1c(C)ccc(NCc2cccc(C(N)=O)c2)c1C. The van der Waals surface area contributed by atoms with E-state index >= 15 is 0 Å². The molecule has 0 unspecified atom stereocenters. The first-order valence-corrected chi connectivity index (χ1v) is 6.79. The maximum absolute atomic E-state index is 11.2. The van der Waals surface area contributed by atoms with Crippen LogP contribution in [0, 0.1) is 13.8 Å². The van der Waals surface area contributed by atoms with Gasteiger partial charge < -0.3 is 15.8 Å². The van der Waals surface area contributed by atoms with E-state index in [1.807, 2.05) is 38.1 Å². The van der Waals surface area contributed by atoms with Crippen molar-refractivity contribution in [3.63, 3.8) is 0 Å². The smallest absolute Gasteiger partial charge is 0.248 e. The molecule has 0 saturated carbocycles. The molecule has 2 aromatic carbocycles.